The zero-order chi connectivity index (χ0) is 7.28. The van der Waals surface area contributed by atoms with Crippen molar-refractivity contribution in [3.05, 3.63) is 0 Å². The Kier molecular flexibility index (Phi) is 2.86. The Morgan fingerprint density at radius 1 is 1.56 bits per heavy atom. The van der Waals surface area contributed by atoms with Gasteiger partial charge in [-0.3, -0.25) is 5.41 Å². The van der Waals surface area contributed by atoms with Crippen molar-refractivity contribution in [2.75, 3.05) is 0 Å². The summed E-state index contributed by atoms with van der Waals surface area (Å²) in [5.41, 5.74) is 0. The summed E-state index contributed by atoms with van der Waals surface area (Å²) in [5, 5.41) is 22.9. The molecular weight excluding hydrogens is 118 g/mol. The Labute approximate surface area is 52.8 Å². The lowest BCUT2D eigenvalue weighted by Gasteiger charge is -1.99. The molecule has 0 saturated carbocycles. The number of ether oxygens (including phenoxy) is 1. The molecule has 0 saturated heterocycles. The maximum atomic E-state index is 8.08. The highest BCUT2D eigenvalue weighted by atomic mass is 16.5. The van der Waals surface area contributed by atoms with E-state index >= 15 is 0 Å². The van der Waals surface area contributed by atoms with Crippen LogP contribution in [0.4, 0.5) is 0 Å². The number of nitriles is 2. The van der Waals surface area contributed by atoms with Crippen molar-refractivity contribution in [1.82, 2.24) is 0 Å². The van der Waals surface area contributed by atoms with Gasteiger partial charge in [0.15, 0.2) is 5.90 Å². The van der Waals surface area contributed by atoms with Crippen molar-refractivity contribution >= 4 is 5.90 Å². The van der Waals surface area contributed by atoms with Crippen LogP contribution in [0, 0.1) is 28.1 Å². The van der Waals surface area contributed by atoms with Crippen molar-refractivity contribution in [3.8, 4) is 12.1 Å². The van der Waals surface area contributed by atoms with Crippen LogP contribution in [0.5, 0.6) is 0 Å². The van der Waals surface area contributed by atoms with E-state index in [1.165, 1.54) is 6.92 Å². The van der Waals surface area contributed by atoms with Crippen LogP contribution in [-0.4, -0.2) is 12.0 Å². The number of hydrogen-bond donors (Lipinski definition) is 1. The molecular formula is C5H5N3O. The molecule has 0 fully saturated rings. The summed E-state index contributed by atoms with van der Waals surface area (Å²) < 4.78 is 4.41. The lowest BCUT2D eigenvalue weighted by Crippen LogP contribution is -2.10. The van der Waals surface area contributed by atoms with Crippen molar-refractivity contribution in [2.24, 2.45) is 0 Å². The van der Waals surface area contributed by atoms with Crippen LogP contribution < -0.4 is 0 Å². The van der Waals surface area contributed by atoms with E-state index in [-0.39, 0.29) is 5.90 Å². The Balaban J connectivity index is 3.78. The smallest absolute Gasteiger partial charge is 0.271 e. The van der Waals surface area contributed by atoms with E-state index in [0.717, 1.165) is 0 Å². The molecule has 0 aliphatic rings. The number of rotatable bonds is 1. The van der Waals surface area contributed by atoms with Crippen LogP contribution >= 0.6 is 0 Å². The molecule has 0 radical (unpaired) electrons. The number of nitrogens with zero attached hydrogens (tertiary/aromatic N) is 2. The SMILES string of the molecule is CC(=N)OC(C#N)C#N. The molecule has 0 aromatic heterocycles. The number of hydrogen-bond acceptors (Lipinski definition) is 4. The molecule has 0 rings (SSSR count). The van der Waals surface area contributed by atoms with E-state index in [4.69, 9.17) is 15.9 Å². The van der Waals surface area contributed by atoms with E-state index in [1.54, 1.807) is 12.1 Å². The molecule has 0 spiro atoms. The van der Waals surface area contributed by atoms with E-state index in [9.17, 15) is 0 Å². The fourth-order valence-corrected chi connectivity index (χ4v) is 0.258. The minimum Gasteiger partial charge on any atom is -0.449 e. The van der Waals surface area contributed by atoms with Crippen molar-refractivity contribution in [3.63, 3.8) is 0 Å². The first kappa shape index (κ1) is 7.45. The molecule has 0 unspecified atom stereocenters. The van der Waals surface area contributed by atoms with Gasteiger partial charge in [0.05, 0.1) is 0 Å². The van der Waals surface area contributed by atoms with Crippen LogP contribution in [0.1, 0.15) is 6.92 Å². The summed E-state index contributed by atoms with van der Waals surface area (Å²) in [6.07, 6.45) is -1.14. The van der Waals surface area contributed by atoms with Gasteiger partial charge < -0.3 is 4.74 Å². The van der Waals surface area contributed by atoms with E-state index in [0.29, 0.717) is 0 Å². The highest BCUT2D eigenvalue weighted by Gasteiger charge is 2.04. The van der Waals surface area contributed by atoms with Crippen molar-refractivity contribution in [1.29, 1.82) is 15.9 Å². The molecule has 1 N–H and O–H groups in total. The van der Waals surface area contributed by atoms with Gasteiger partial charge in [-0.15, -0.1) is 0 Å². The first-order chi connectivity index (χ1) is 4.20. The molecule has 9 heavy (non-hydrogen) atoms. The summed E-state index contributed by atoms with van der Waals surface area (Å²) in [7, 11) is 0. The first-order valence-electron chi connectivity index (χ1n) is 2.21. The highest BCUT2D eigenvalue weighted by molar-refractivity contribution is 5.70. The third-order valence-corrected chi connectivity index (χ3v) is 0.529. The molecule has 0 aromatic carbocycles. The minimum absolute atomic E-state index is 0.122. The molecule has 4 nitrogen and oxygen atoms in total. The molecule has 0 bridgehead atoms. The van der Waals surface area contributed by atoms with Crippen LogP contribution in [0.3, 0.4) is 0 Å². The largest absolute Gasteiger partial charge is 0.449 e. The topological polar surface area (TPSA) is 80.7 Å². The third kappa shape index (κ3) is 3.07. The second-order valence-corrected chi connectivity index (χ2v) is 1.31. The van der Waals surface area contributed by atoms with Gasteiger partial charge in [-0.05, 0) is 0 Å². The predicted octanol–water partition coefficient (Wildman–Crippen LogP) is 0.416. The normalized spacial score (nSPS) is 7.56. The molecule has 0 amide bonds. The first-order valence-corrected chi connectivity index (χ1v) is 2.21. The minimum atomic E-state index is -1.14. The fourth-order valence-electron chi connectivity index (χ4n) is 0.258. The Morgan fingerprint density at radius 3 is 2.11 bits per heavy atom. The van der Waals surface area contributed by atoms with Gasteiger partial charge in [-0.1, -0.05) is 0 Å². The molecule has 0 heterocycles. The average Bonchev–Trinajstić information content (AvgIpc) is 1.82. The second kappa shape index (κ2) is 3.45. The Morgan fingerprint density at radius 2 is 2.00 bits per heavy atom. The predicted molar refractivity (Wildman–Crippen MR) is 29.5 cm³/mol. The maximum Gasteiger partial charge on any atom is 0.271 e. The van der Waals surface area contributed by atoms with Crippen LogP contribution in [0.15, 0.2) is 0 Å². The van der Waals surface area contributed by atoms with E-state index < -0.39 is 6.10 Å². The van der Waals surface area contributed by atoms with Gasteiger partial charge in [0.25, 0.3) is 6.10 Å². The average molecular weight is 123 g/mol. The van der Waals surface area contributed by atoms with E-state index in [1.807, 2.05) is 0 Å². The third-order valence-electron chi connectivity index (χ3n) is 0.529. The quantitative estimate of drug-likeness (QED) is 0.405. The zero-order valence-corrected chi connectivity index (χ0v) is 4.88. The molecule has 0 aliphatic heterocycles. The Bertz CT molecular complexity index is 171. The van der Waals surface area contributed by atoms with E-state index in [2.05, 4.69) is 4.74 Å². The fraction of sp³-hybridized carbons (Fsp3) is 0.400. The standard InChI is InChI=1S/C5H5N3O/c1-4(8)9-5(2-6)3-7/h5,8H,1H3. The van der Waals surface area contributed by atoms with Gasteiger partial charge in [0.1, 0.15) is 12.1 Å². The Hall–Kier alpha value is -1.55. The summed E-state index contributed by atoms with van der Waals surface area (Å²) in [5.74, 6) is -0.122. The zero-order valence-electron chi connectivity index (χ0n) is 4.88. The van der Waals surface area contributed by atoms with Gasteiger partial charge >= 0.3 is 0 Å². The summed E-state index contributed by atoms with van der Waals surface area (Å²) >= 11 is 0. The van der Waals surface area contributed by atoms with Crippen LogP contribution in [-0.2, 0) is 4.74 Å². The van der Waals surface area contributed by atoms with Gasteiger partial charge in [-0.25, -0.2) is 0 Å². The van der Waals surface area contributed by atoms with Crippen molar-refractivity contribution < 1.29 is 4.74 Å². The molecule has 0 aromatic rings. The molecule has 0 atom stereocenters. The maximum absolute atomic E-state index is 8.08. The van der Waals surface area contributed by atoms with Gasteiger partial charge in [-0.2, -0.15) is 10.5 Å². The molecule has 4 heteroatoms. The number of nitrogens with one attached hydrogen (secondary N) is 1. The van der Waals surface area contributed by atoms with Crippen molar-refractivity contribution in [2.45, 2.75) is 13.0 Å². The molecule has 46 valence electrons. The highest BCUT2D eigenvalue weighted by Crippen LogP contribution is 1.86. The summed E-state index contributed by atoms with van der Waals surface area (Å²) in [6.45, 7) is 1.36. The van der Waals surface area contributed by atoms with Gasteiger partial charge in [0, 0.05) is 6.92 Å². The lowest BCUT2D eigenvalue weighted by atomic mass is 10.4. The summed E-state index contributed by atoms with van der Waals surface area (Å²) in [4.78, 5) is 0. The van der Waals surface area contributed by atoms with Crippen LogP contribution in [0.25, 0.3) is 0 Å². The van der Waals surface area contributed by atoms with Crippen LogP contribution in [0.2, 0.25) is 0 Å². The molecule has 0 aliphatic carbocycles. The summed E-state index contributed by atoms with van der Waals surface area (Å²) in [6, 6.07) is 3.12. The second-order valence-electron chi connectivity index (χ2n) is 1.31. The monoisotopic (exact) mass is 123 g/mol. The lowest BCUT2D eigenvalue weighted by molar-refractivity contribution is 0.290. The van der Waals surface area contributed by atoms with Gasteiger partial charge in [0.2, 0.25) is 0 Å².